The zero-order chi connectivity index (χ0) is 15.2. The summed E-state index contributed by atoms with van der Waals surface area (Å²) in [7, 11) is 1.25. The van der Waals surface area contributed by atoms with Crippen molar-refractivity contribution >= 4 is 11.9 Å². The second kappa shape index (κ2) is 6.74. The lowest BCUT2D eigenvalue weighted by Crippen LogP contribution is -2.25. The van der Waals surface area contributed by atoms with Crippen LogP contribution < -0.4 is 0 Å². The molecule has 0 saturated heterocycles. The largest absolute Gasteiger partial charge is 0.468 e. The number of methoxy groups -OCH3 is 1. The summed E-state index contributed by atoms with van der Waals surface area (Å²) in [5, 5.41) is 0. The highest BCUT2D eigenvalue weighted by atomic mass is 16.5. The van der Waals surface area contributed by atoms with Crippen LogP contribution in [0.15, 0.2) is 42.5 Å². The van der Waals surface area contributed by atoms with E-state index in [1.54, 1.807) is 13.0 Å². The maximum atomic E-state index is 11.9. The van der Waals surface area contributed by atoms with Crippen LogP contribution in [0, 0.1) is 0 Å². The van der Waals surface area contributed by atoms with Crippen molar-refractivity contribution in [1.29, 1.82) is 0 Å². The van der Waals surface area contributed by atoms with Gasteiger partial charge in [-0.3, -0.25) is 9.59 Å². The van der Waals surface area contributed by atoms with E-state index >= 15 is 0 Å². The van der Waals surface area contributed by atoms with Gasteiger partial charge in [0.25, 0.3) is 0 Å². The van der Waals surface area contributed by atoms with Gasteiger partial charge in [0.05, 0.1) is 13.7 Å². The minimum absolute atomic E-state index is 0.207. The Kier molecular flexibility index (Phi) is 4.77. The van der Waals surface area contributed by atoms with Crippen molar-refractivity contribution in [3.8, 4) is 11.3 Å². The minimum Gasteiger partial charge on any atom is -0.468 e. The fourth-order valence-corrected chi connectivity index (χ4v) is 2.06. The zero-order valence-corrected chi connectivity index (χ0v) is 12.0. The number of carbonyl (C=O) groups is 2. The Morgan fingerprint density at radius 1 is 1.10 bits per heavy atom. The third kappa shape index (κ3) is 3.31. The van der Waals surface area contributed by atoms with Crippen LogP contribution >= 0.6 is 0 Å². The Balaban J connectivity index is 2.32. The molecule has 0 saturated carbocycles. The van der Waals surface area contributed by atoms with Crippen LogP contribution in [0.4, 0.5) is 0 Å². The molecular formula is C16H17NO4. The molecule has 2 rings (SSSR count). The number of aromatic amines is 1. The standard InChI is InChI=1S/C16H17NO4/c1-3-21-16(19)14(15(18)20-2)13-10-9-12(17-13)11-7-5-4-6-8-11/h4-10,14,17H,3H2,1-2H3. The lowest BCUT2D eigenvalue weighted by atomic mass is 10.1. The number of hydrogen-bond donors (Lipinski definition) is 1. The molecule has 0 radical (unpaired) electrons. The summed E-state index contributed by atoms with van der Waals surface area (Å²) in [4.78, 5) is 26.9. The molecule has 1 aromatic carbocycles. The Morgan fingerprint density at radius 2 is 1.81 bits per heavy atom. The van der Waals surface area contributed by atoms with Gasteiger partial charge in [-0.25, -0.2) is 0 Å². The fourth-order valence-electron chi connectivity index (χ4n) is 2.06. The normalized spacial score (nSPS) is 11.7. The lowest BCUT2D eigenvalue weighted by molar-refractivity contribution is -0.155. The van der Waals surface area contributed by atoms with E-state index in [-0.39, 0.29) is 6.61 Å². The van der Waals surface area contributed by atoms with E-state index in [9.17, 15) is 9.59 Å². The first-order valence-corrected chi connectivity index (χ1v) is 6.66. The molecule has 1 heterocycles. The minimum atomic E-state index is -1.09. The number of benzene rings is 1. The number of esters is 2. The Bertz CT molecular complexity index is 618. The van der Waals surface area contributed by atoms with Crippen LogP contribution in [0.3, 0.4) is 0 Å². The highest BCUT2D eigenvalue weighted by Gasteiger charge is 2.32. The average molecular weight is 287 g/mol. The van der Waals surface area contributed by atoms with Crippen LogP contribution in [-0.2, 0) is 19.1 Å². The van der Waals surface area contributed by atoms with E-state index < -0.39 is 17.9 Å². The van der Waals surface area contributed by atoms with Crippen molar-refractivity contribution in [2.45, 2.75) is 12.8 Å². The number of H-pyrrole nitrogens is 1. The van der Waals surface area contributed by atoms with Crippen molar-refractivity contribution < 1.29 is 19.1 Å². The Hall–Kier alpha value is -2.56. The molecule has 1 N–H and O–H groups in total. The van der Waals surface area contributed by atoms with E-state index in [0.29, 0.717) is 5.69 Å². The number of ether oxygens (including phenoxy) is 2. The molecule has 0 bridgehead atoms. The van der Waals surface area contributed by atoms with Crippen LogP contribution in [0.2, 0.25) is 0 Å². The molecule has 1 unspecified atom stereocenters. The van der Waals surface area contributed by atoms with Gasteiger partial charge in [0.2, 0.25) is 0 Å². The first-order chi connectivity index (χ1) is 10.2. The summed E-state index contributed by atoms with van der Waals surface area (Å²) in [6.07, 6.45) is 0. The third-order valence-corrected chi connectivity index (χ3v) is 3.06. The van der Waals surface area contributed by atoms with Gasteiger partial charge in [0, 0.05) is 11.4 Å². The highest BCUT2D eigenvalue weighted by molar-refractivity contribution is 6.00. The highest BCUT2D eigenvalue weighted by Crippen LogP contribution is 2.24. The SMILES string of the molecule is CCOC(=O)C(C(=O)OC)c1ccc(-c2ccccc2)[nH]1. The third-order valence-electron chi connectivity index (χ3n) is 3.06. The average Bonchev–Trinajstić information content (AvgIpc) is 2.98. The van der Waals surface area contributed by atoms with Crippen LogP contribution in [0.5, 0.6) is 0 Å². The van der Waals surface area contributed by atoms with Gasteiger partial charge in [-0.15, -0.1) is 0 Å². The van der Waals surface area contributed by atoms with Crippen molar-refractivity contribution in [3.63, 3.8) is 0 Å². The van der Waals surface area contributed by atoms with Crippen molar-refractivity contribution in [3.05, 3.63) is 48.2 Å². The fraction of sp³-hybridized carbons (Fsp3) is 0.250. The molecule has 0 amide bonds. The van der Waals surface area contributed by atoms with Gasteiger partial charge in [-0.2, -0.15) is 0 Å². The second-order valence-corrected chi connectivity index (χ2v) is 4.40. The summed E-state index contributed by atoms with van der Waals surface area (Å²) < 4.78 is 9.63. The molecule has 1 atom stereocenters. The lowest BCUT2D eigenvalue weighted by Gasteiger charge is -2.12. The molecule has 0 fully saturated rings. The molecule has 1 aromatic heterocycles. The molecular weight excluding hydrogens is 270 g/mol. The van der Waals surface area contributed by atoms with E-state index in [1.807, 2.05) is 36.4 Å². The molecule has 110 valence electrons. The molecule has 0 aliphatic carbocycles. The number of rotatable bonds is 5. The molecule has 0 aliphatic heterocycles. The second-order valence-electron chi connectivity index (χ2n) is 4.40. The van der Waals surface area contributed by atoms with Crippen molar-refractivity contribution in [2.75, 3.05) is 13.7 Å². The molecule has 5 nitrogen and oxygen atoms in total. The summed E-state index contributed by atoms with van der Waals surface area (Å²) in [6.45, 7) is 1.90. The first-order valence-electron chi connectivity index (χ1n) is 6.66. The quantitative estimate of drug-likeness (QED) is 0.677. The van der Waals surface area contributed by atoms with Crippen LogP contribution in [0.1, 0.15) is 18.5 Å². The first kappa shape index (κ1) is 14.8. The van der Waals surface area contributed by atoms with E-state index in [4.69, 9.17) is 4.74 Å². The molecule has 2 aromatic rings. The summed E-state index contributed by atoms with van der Waals surface area (Å²) in [5.74, 6) is -2.35. The van der Waals surface area contributed by atoms with Crippen LogP contribution in [0.25, 0.3) is 11.3 Å². The van der Waals surface area contributed by atoms with E-state index in [2.05, 4.69) is 9.72 Å². The number of carbonyl (C=O) groups excluding carboxylic acids is 2. The van der Waals surface area contributed by atoms with Gasteiger partial charge in [0.15, 0.2) is 5.92 Å². The molecule has 0 aliphatic rings. The van der Waals surface area contributed by atoms with E-state index in [0.717, 1.165) is 11.3 Å². The summed E-state index contributed by atoms with van der Waals surface area (Å²) in [6, 6.07) is 13.1. The number of aromatic nitrogens is 1. The Labute approximate surface area is 122 Å². The maximum Gasteiger partial charge on any atom is 0.326 e. The smallest absolute Gasteiger partial charge is 0.326 e. The summed E-state index contributed by atoms with van der Waals surface area (Å²) in [5.41, 5.74) is 2.25. The maximum absolute atomic E-state index is 11.9. The summed E-state index contributed by atoms with van der Waals surface area (Å²) >= 11 is 0. The zero-order valence-electron chi connectivity index (χ0n) is 12.0. The molecule has 21 heavy (non-hydrogen) atoms. The van der Waals surface area contributed by atoms with Gasteiger partial charge >= 0.3 is 11.9 Å². The Morgan fingerprint density at radius 3 is 2.43 bits per heavy atom. The molecule has 5 heteroatoms. The predicted molar refractivity (Wildman–Crippen MR) is 77.6 cm³/mol. The number of hydrogen-bond acceptors (Lipinski definition) is 4. The number of nitrogens with one attached hydrogen (secondary N) is 1. The van der Waals surface area contributed by atoms with E-state index in [1.165, 1.54) is 7.11 Å². The van der Waals surface area contributed by atoms with Gasteiger partial charge in [0.1, 0.15) is 0 Å². The van der Waals surface area contributed by atoms with Crippen molar-refractivity contribution in [1.82, 2.24) is 4.98 Å². The topological polar surface area (TPSA) is 68.4 Å². The van der Waals surface area contributed by atoms with Crippen LogP contribution in [-0.4, -0.2) is 30.6 Å². The van der Waals surface area contributed by atoms with Gasteiger partial charge < -0.3 is 14.5 Å². The molecule has 0 spiro atoms. The van der Waals surface area contributed by atoms with Gasteiger partial charge in [-0.1, -0.05) is 30.3 Å². The predicted octanol–water partition coefficient (Wildman–Crippen LogP) is 2.50. The monoisotopic (exact) mass is 287 g/mol. The van der Waals surface area contributed by atoms with Gasteiger partial charge in [-0.05, 0) is 24.6 Å². The van der Waals surface area contributed by atoms with Crippen molar-refractivity contribution in [2.24, 2.45) is 0 Å².